The minimum absolute atomic E-state index is 0.00816. The summed E-state index contributed by atoms with van der Waals surface area (Å²) in [7, 11) is 0. The van der Waals surface area contributed by atoms with Crippen molar-refractivity contribution < 1.29 is 29.0 Å². The molecule has 8 nitrogen and oxygen atoms in total. The molecular formula is C28H36N2O6. The fourth-order valence-electron chi connectivity index (χ4n) is 4.47. The number of rotatable bonds is 10. The summed E-state index contributed by atoms with van der Waals surface area (Å²) >= 11 is 0. The zero-order valence-electron chi connectivity index (χ0n) is 21.4. The highest BCUT2D eigenvalue weighted by Crippen LogP contribution is 2.44. The molecule has 0 saturated carbocycles. The number of unbranched alkanes of at least 4 members (excludes halogenated alkanes) is 3. The molecule has 0 spiro atoms. The van der Waals surface area contributed by atoms with Crippen LogP contribution < -0.4 is 10.6 Å². The molecule has 3 N–H and O–H groups in total. The Balaban J connectivity index is 1.75. The number of ether oxygens (including phenoxy) is 2. The van der Waals surface area contributed by atoms with E-state index in [2.05, 4.69) is 10.6 Å². The van der Waals surface area contributed by atoms with Crippen molar-refractivity contribution in [3.8, 4) is 11.1 Å². The molecule has 2 aromatic rings. The smallest absolute Gasteiger partial charge is 0.409 e. The maximum absolute atomic E-state index is 12.9. The third kappa shape index (κ3) is 6.56. The van der Waals surface area contributed by atoms with Gasteiger partial charge in [0, 0.05) is 12.3 Å². The van der Waals surface area contributed by atoms with Crippen molar-refractivity contribution >= 4 is 18.2 Å². The molecule has 1 unspecified atom stereocenters. The van der Waals surface area contributed by atoms with Gasteiger partial charge in [-0.1, -0.05) is 74.7 Å². The van der Waals surface area contributed by atoms with Gasteiger partial charge in [-0.2, -0.15) is 0 Å². The van der Waals surface area contributed by atoms with Crippen molar-refractivity contribution in [3.05, 3.63) is 59.7 Å². The van der Waals surface area contributed by atoms with Crippen LogP contribution in [0, 0.1) is 0 Å². The Hall–Kier alpha value is -3.55. The van der Waals surface area contributed by atoms with Crippen LogP contribution in [0.15, 0.2) is 48.5 Å². The van der Waals surface area contributed by atoms with E-state index in [0.29, 0.717) is 6.42 Å². The van der Waals surface area contributed by atoms with E-state index in [9.17, 15) is 19.5 Å². The summed E-state index contributed by atoms with van der Waals surface area (Å²) in [4.78, 5) is 37.8. The van der Waals surface area contributed by atoms with Crippen molar-refractivity contribution in [1.82, 2.24) is 10.6 Å². The summed E-state index contributed by atoms with van der Waals surface area (Å²) < 4.78 is 10.8. The highest BCUT2D eigenvalue weighted by molar-refractivity contribution is 5.88. The van der Waals surface area contributed by atoms with Crippen molar-refractivity contribution in [3.63, 3.8) is 0 Å². The number of hydrogen-bond donors (Lipinski definition) is 3. The predicted molar refractivity (Wildman–Crippen MR) is 137 cm³/mol. The van der Waals surface area contributed by atoms with Gasteiger partial charge in [0.2, 0.25) is 5.66 Å². The minimum Gasteiger partial charge on any atom is -0.478 e. The monoisotopic (exact) mass is 496 g/mol. The number of aliphatic carboxylic acids is 1. The Morgan fingerprint density at radius 1 is 0.861 bits per heavy atom. The molecule has 36 heavy (non-hydrogen) atoms. The molecule has 0 fully saturated rings. The van der Waals surface area contributed by atoms with Gasteiger partial charge in [-0.25, -0.2) is 14.4 Å². The van der Waals surface area contributed by atoms with Gasteiger partial charge in [0.1, 0.15) is 12.2 Å². The lowest BCUT2D eigenvalue weighted by atomic mass is 9.98. The summed E-state index contributed by atoms with van der Waals surface area (Å²) in [5, 5.41) is 14.9. The SMILES string of the molecule is CCCCCCC(NC(=O)OCC1c2ccccc2-c2ccccc21)(NC(=O)OC(C)(C)C)C(=O)O. The molecule has 8 heteroatoms. The highest BCUT2D eigenvalue weighted by Gasteiger charge is 2.43. The lowest BCUT2D eigenvalue weighted by Gasteiger charge is -2.32. The Morgan fingerprint density at radius 2 is 1.42 bits per heavy atom. The number of amides is 2. The summed E-state index contributed by atoms with van der Waals surface area (Å²) in [6.07, 6.45) is 1.25. The molecule has 0 saturated heterocycles. The normalized spacial score (nSPS) is 14.2. The molecule has 1 aliphatic rings. The van der Waals surface area contributed by atoms with E-state index < -0.39 is 29.4 Å². The first kappa shape index (κ1) is 27.0. The van der Waals surface area contributed by atoms with E-state index in [1.807, 2.05) is 55.5 Å². The third-order valence-corrected chi connectivity index (χ3v) is 6.14. The number of fused-ring (bicyclic) bond motifs is 3. The number of carbonyl (C=O) groups excluding carboxylic acids is 2. The number of carbonyl (C=O) groups is 3. The largest absolute Gasteiger partial charge is 0.478 e. The fourth-order valence-corrected chi connectivity index (χ4v) is 4.47. The standard InChI is InChI=1S/C28H36N2O6/c1-5-6-7-12-17-28(24(31)32,30-26(34)36-27(2,3)4)29-25(33)35-18-23-21-15-10-8-13-19(21)20-14-9-11-16-22(20)23/h8-11,13-16,23H,5-7,12,17-18H2,1-4H3,(H,29,33)(H,30,34)(H,31,32). The van der Waals surface area contributed by atoms with E-state index >= 15 is 0 Å². The summed E-state index contributed by atoms with van der Waals surface area (Å²) in [6.45, 7) is 7.09. The van der Waals surface area contributed by atoms with Gasteiger partial charge in [-0.15, -0.1) is 0 Å². The molecule has 2 aromatic carbocycles. The van der Waals surface area contributed by atoms with Gasteiger partial charge in [-0.05, 0) is 49.4 Å². The van der Waals surface area contributed by atoms with Crippen LogP contribution in [0.2, 0.25) is 0 Å². The van der Waals surface area contributed by atoms with Crippen LogP contribution >= 0.6 is 0 Å². The quantitative estimate of drug-likeness (QED) is 0.283. The first-order valence-corrected chi connectivity index (χ1v) is 12.4. The summed E-state index contributed by atoms with van der Waals surface area (Å²) in [5.74, 6) is -1.57. The van der Waals surface area contributed by atoms with E-state index in [1.54, 1.807) is 20.8 Å². The third-order valence-electron chi connectivity index (χ3n) is 6.14. The number of benzene rings is 2. The van der Waals surface area contributed by atoms with Crippen molar-refractivity contribution in [2.75, 3.05) is 6.61 Å². The maximum atomic E-state index is 12.9. The molecule has 0 aromatic heterocycles. The molecular weight excluding hydrogens is 460 g/mol. The Kier molecular flexibility index (Phi) is 8.61. The summed E-state index contributed by atoms with van der Waals surface area (Å²) in [5.41, 5.74) is 1.37. The molecule has 2 amide bonds. The number of nitrogens with one attached hydrogen (secondary N) is 2. The zero-order chi connectivity index (χ0) is 26.3. The number of carboxylic acids is 1. The van der Waals surface area contributed by atoms with E-state index in [-0.39, 0.29) is 18.9 Å². The van der Waals surface area contributed by atoms with E-state index in [0.717, 1.165) is 41.5 Å². The van der Waals surface area contributed by atoms with Crippen LogP contribution in [-0.2, 0) is 14.3 Å². The Morgan fingerprint density at radius 3 is 1.94 bits per heavy atom. The van der Waals surface area contributed by atoms with Gasteiger partial charge >= 0.3 is 18.2 Å². The number of hydrogen-bond acceptors (Lipinski definition) is 5. The highest BCUT2D eigenvalue weighted by atomic mass is 16.6. The molecule has 0 heterocycles. The van der Waals surface area contributed by atoms with E-state index in [1.165, 1.54) is 0 Å². The van der Waals surface area contributed by atoms with E-state index in [4.69, 9.17) is 9.47 Å². The van der Waals surface area contributed by atoms with Crippen molar-refractivity contribution in [2.24, 2.45) is 0 Å². The molecule has 1 aliphatic carbocycles. The molecule has 0 radical (unpaired) electrons. The van der Waals surface area contributed by atoms with Crippen LogP contribution in [-0.4, -0.2) is 41.1 Å². The van der Waals surface area contributed by atoms with Crippen LogP contribution in [0.4, 0.5) is 9.59 Å². The van der Waals surface area contributed by atoms with Crippen LogP contribution in [0.5, 0.6) is 0 Å². The van der Waals surface area contributed by atoms with Gasteiger partial charge in [0.25, 0.3) is 0 Å². The van der Waals surface area contributed by atoms with Crippen molar-refractivity contribution in [2.45, 2.75) is 77.0 Å². The molecule has 3 rings (SSSR count). The molecule has 1 atom stereocenters. The van der Waals surface area contributed by atoms with Gasteiger partial charge in [0.05, 0.1) is 0 Å². The lowest BCUT2D eigenvalue weighted by molar-refractivity contribution is -0.146. The fraction of sp³-hybridized carbons (Fsp3) is 0.464. The minimum atomic E-state index is -2.06. The second kappa shape index (κ2) is 11.5. The molecule has 0 bridgehead atoms. The first-order valence-electron chi connectivity index (χ1n) is 12.4. The van der Waals surface area contributed by atoms with Gasteiger partial charge in [-0.3, -0.25) is 10.6 Å². The van der Waals surface area contributed by atoms with Crippen LogP contribution in [0.3, 0.4) is 0 Å². The lowest BCUT2D eigenvalue weighted by Crippen LogP contribution is -2.66. The zero-order valence-corrected chi connectivity index (χ0v) is 21.4. The summed E-state index contributed by atoms with van der Waals surface area (Å²) in [6, 6.07) is 15.9. The average Bonchev–Trinajstić information content (AvgIpc) is 3.13. The maximum Gasteiger partial charge on any atom is 0.409 e. The number of alkyl carbamates (subject to hydrolysis) is 2. The second-order valence-corrected chi connectivity index (χ2v) is 10.1. The predicted octanol–water partition coefficient (Wildman–Crippen LogP) is 5.80. The Labute approximate surface area is 212 Å². The average molecular weight is 497 g/mol. The van der Waals surface area contributed by atoms with Crippen molar-refractivity contribution in [1.29, 1.82) is 0 Å². The first-order chi connectivity index (χ1) is 17.1. The topological polar surface area (TPSA) is 114 Å². The van der Waals surface area contributed by atoms with Gasteiger partial charge < -0.3 is 14.6 Å². The molecule has 194 valence electrons. The van der Waals surface area contributed by atoms with Gasteiger partial charge in [0.15, 0.2) is 0 Å². The Bertz CT molecular complexity index is 1050. The van der Waals surface area contributed by atoms with Crippen LogP contribution in [0.25, 0.3) is 11.1 Å². The second-order valence-electron chi connectivity index (χ2n) is 10.1. The number of carboxylic acid groups (broad SMARTS) is 1. The molecule has 0 aliphatic heterocycles. The van der Waals surface area contributed by atoms with Crippen LogP contribution in [0.1, 0.15) is 76.8 Å².